The monoisotopic (exact) mass is 285 g/mol. The van der Waals surface area contributed by atoms with E-state index in [2.05, 4.69) is 6.07 Å². The first-order valence-electron chi connectivity index (χ1n) is 6.19. The maximum Gasteiger partial charge on any atom is 0.175 e. The van der Waals surface area contributed by atoms with Crippen LogP contribution in [0.2, 0.25) is 0 Å². The second-order valence-electron chi connectivity index (χ2n) is 4.77. The Morgan fingerprint density at radius 1 is 1.05 bits per heavy atom. The first kappa shape index (κ1) is 14.3. The van der Waals surface area contributed by atoms with Crippen LogP contribution in [0, 0.1) is 18.3 Å². The van der Waals surface area contributed by atoms with E-state index in [1.807, 2.05) is 25.1 Å². The van der Waals surface area contributed by atoms with Crippen LogP contribution in [0.25, 0.3) is 11.1 Å². The summed E-state index contributed by atoms with van der Waals surface area (Å²) in [5.41, 5.74) is 4.01. The van der Waals surface area contributed by atoms with Crippen molar-refractivity contribution >= 4 is 9.84 Å². The van der Waals surface area contributed by atoms with Crippen molar-refractivity contribution in [1.29, 1.82) is 5.26 Å². The Kier molecular flexibility index (Phi) is 3.91. The Bertz CT molecular complexity index is 769. The van der Waals surface area contributed by atoms with Gasteiger partial charge in [0.1, 0.15) is 0 Å². The summed E-state index contributed by atoms with van der Waals surface area (Å²) < 4.78 is 22.9. The highest BCUT2D eigenvalue weighted by Gasteiger charge is 2.07. The molecule has 2 aromatic carbocycles. The summed E-state index contributed by atoms with van der Waals surface area (Å²) in [5, 5.41) is 8.81. The zero-order chi connectivity index (χ0) is 14.8. The minimum Gasteiger partial charge on any atom is -0.224 e. The molecule has 0 unspecified atom stereocenters. The second-order valence-corrected chi connectivity index (χ2v) is 6.79. The lowest BCUT2D eigenvalue weighted by atomic mass is 9.98. The van der Waals surface area contributed by atoms with Crippen LogP contribution in [0.3, 0.4) is 0 Å². The van der Waals surface area contributed by atoms with Crippen LogP contribution in [-0.4, -0.2) is 14.7 Å². The molecule has 0 bridgehead atoms. The SMILES string of the molecule is Cc1ccc(-c2ccc(S(C)(=O)=O)cc2)cc1CC#N. The maximum atomic E-state index is 11.4. The standard InChI is InChI=1S/C16H15NO2S/c1-12-3-4-15(11-14(12)9-10-17)13-5-7-16(8-6-13)20(2,18)19/h3-8,11H,9H2,1-2H3. The average Bonchev–Trinajstić information content (AvgIpc) is 2.41. The third kappa shape index (κ3) is 3.06. The molecule has 4 heteroatoms. The van der Waals surface area contributed by atoms with E-state index in [0.717, 1.165) is 22.3 Å². The van der Waals surface area contributed by atoms with Crippen molar-refractivity contribution in [2.75, 3.05) is 6.26 Å². The van der Waals surface area contributed by atoms with Crippen LogP contribution in [-0.2, 0) is 16.3 Å². The Morgan fingerprint density at radius 2 is 1.65 bits per heavy atom. The Labute approximate surface area is 119 Å². The molecular weight excluding hydrogens is 270 g/mol. The Balaban J connectivity index is 2.42. The largest absolute Gasteiger partial charge is 0.224 e. The van der Waals surface area contributed by atoms with Crippen LogP contribution in [0.1, 0.15) is 11.1 Å². The van der Waals surface area contributed by atoms with Gasteiger partial charge < -0.3 is 0 Å². The topological polar surface area (TPSA) is 57.9 Å². The molecule has 0 amide bonds. The lowest BCUT2D eigenvalue weighted by Crippen LogP contribution is -1.96. The van der Waals surface area contributed by atoms with Gasteiger partial charge in [-0.15, -0.1) is 0 Å². The van der Waals surface area contributed by atoms with Gasteiger partial charge in [-0.2, -0.15) is 5.26 Å². The number of hydrogen-bond donors (Lipinski definition) is 0. The van der Waals surface area contributed by atoms with Crippen LogP contribution < -0.4 is 0 Å². The van der Waals surface area contributed by atoms with Gasteiger partial charge >= 0.3 is 0 Å². The summed E-state index contributed by atoms with van der Waals surface area (Å²) in [6.07, 6.45) is 1.57. The summed E-state index contributed by atoms with van der Waals surface area (Å²) in [4.78, 5) is 0.311. The fraction of sp³-hybridized carbons (Fsp3) is 0.188. The molecule has 102 valence electrons. The van der Waals surface area contributed by atoms with E-state index in [1.165, 1.54) is 6.26 Å². The van der Waals surface area contributed by atoms with Crippen LogP contribution in [0.4, 0.5) is 0 Å². The third-order valence-electron chi connectivity index (χ3n) is 3.23. The molecule has 0 fully saturated rings. The minimum atomic E-state index is -3.17. The van der Waals surface area contributed by atoms with Crippen molar-refractivity contribution in [3.63, 3.8) is 0 Å². The summed E-state index contributed by atoms with van der Waals surface area (Å²) in [5.74, 6) is 0. The molecule has 0 aromatic heterocycles. The molecule has 0 saturated heterocycles. The lowest BCUT2D eigenvalue weighted by Gasteiger charge is -2.07. The lowest BCUT2D eigenvalue weighted by molar-refractivity contribution is 0.602. The van der Waals surface area contributed by atoms with E-state index in [4.69, 9.17) is 5.26 Å². The molecule has 2 aromatic rings. The fourth-order valence-electron chi connectivity index (χ4n) is 2.02. The number of benzene rings is 2. The van der Waals surface area contributed by atoms with Crippen molar-refractivity contribution in [2.24, 2.45) is 0 Å². The summed E-state index contributed by atoms with van der Waals surface area (Å²) >= 11 is 0. The maximum absolute atomic E-state index is 11.4. The smallest absolute Gasteiger partial charge is 0.175 e. The van der Waals surface area contributed by atoms with Crippen molar-refractivity contribution < 1.29 is 8.42 Å². The number of hydrogen-bond acceptors (Lipinski definition) is 3. The van der Waals surface area contributed by atoms with Crippen LogP contribution >= 0.6 is 0 Å². The van der Waals surface area contributed by atoms with Gasteiger partial charge in [-0.1, -0.05) is 24.3 Å². The molecule has 0 aliphatic heterocycles. The van der Waals surface area contributed by atoms with Crippen molar-refractivity contribution in [1.82, 2.24) is 0 Å². The van der Waals surface area contributed by atoms with Gasteiger partial charge in [0.05, 0.1) is 17.4 Å². The summed E-state index contributed by atoms with van der Waals surface area (Å²) in [6.45, 7) is 1.98. The zero-order valence-corrected chi connectivity index (χ0v) is 12.2. The van der Waals surface area contributed by atoms with E-state index < -0.39 is 9.84 Å². The highest BCUT2D eigenvalue weighted by Crippen LogP contribution is 2.24. The summed E-state index contributed by atoms with van der Waals surface area (Å²) in [6, 6.07) is 14.9. The molecule has 0 aliphatic carbocycles. The Hall–Kier alpha value is -2.12. The van der Waals surface area contributed by atoms with Gasteiger partial charge in [0.2, 0.25) is 0 Å². The molecule has 0 heterocycles. The van der Waals surface area contributed by atoms with E-state index in [1.54, 1.807) is 24.3 Å². The number of nitrogens with zero attached hydrogens (tertiary/aromatic N) is 1. The van der Waals surface area contributed by atoms with Crippen molar-refractivity contribution in [2.45, 2.75) is 18.2 Å². The summed E-state index contributed by atoms with van der Waals surface area (Å²) in [7, 11) is -3.17. The molecule has 0 N–H and O–H groups in total. The minimum absolute atomic E-state index is 0.311. The molecule has 20 heavy (non-hydrogen) atoms. The molecule has 0 atom stereocenters. The highest BCUT2D eigenvalue weighted by molar-refractivity contribution is 7.90. The number of nitriles is 1. The molecule has 2 rings (SSSR count). The number of rotatable bonds is 3. The molecule has 0 spiro atoms. The van der Waals surface area contributed by atoms with Gasteiger partial charge in [0.25, 0.3) is 0 Å². The molecule has 0 saturated carbocycles. The number of aryl methyl sites for hydroxylation is 1. The quantitative estimate of drug-likeness (QED) is 0.870. The van der Waals surface area contributed by atoms with Gasteiger partial charge in [-0.05, 0) is 47.4 Å². The first-order valence-corrected chi connectivity index (χ1v) is 8.08. The fourth-order valence-corrected chi connectivity index (χ4v) is 2.65. The number of sulfone groups is 1. The molecule has 0 aliphatic rings. The normalized spacial score (nSPS) is 11.1. The van der Waals surface area contributed by atoms with E-state index in [9.17, 15) is 8.42 Å². The molecular formula is C16H15NO2S. The second kappa shape index (κ2) is 5.48. The Morgan fingerprint density at radius 3 is 2.20 bits per heavy atom. The predicted molar refractivity (Wildman–Crippen MR) is 79.0 cm³/mol. The van der Waals surface area contributed by atoms with Crippen molar-refractivity contribution in [3.05, 3.63) is 53.6 Å². The van der Waals surface area contributed by atoms with E-state index in [-0.39, 0.29) is 0 Å². The predicted octanol–water partition coefficient (Wildman–Crippen LogP) is 3.13. The highest BCUT2D eigenvalue weighted by atomic mass is 32.2. The van der Waals surface area contributed by atoms with Gasteiger partial charge in [-0.3, -0.25) is 0 Å². The average molecular weight is 285 g/mol. The van der Waals surface area contributed by atoms with Crippen molar-refractivity contribution in [3.8, 4) is 17.2 Å². The van der Waals surface area contributed by atoms with Crippen LogP contribution in [0.5, 0.6) is 0 Å². The van der Waals surface area contributed by atoms with Gasteiger partial charge in [0.15, 0.2) is 9.84 Å². The van der Waals surface area contributed by atoms with Crippen LogP contribution in [0.15, 0.2) is 47.4 Å². The zero-order valence-electron chi connectivity index (χ0n) is 11.4. The van der Waals surface area contributed by atoms with E-state index >= 15 is 0 Å². The first-order chi connectivity index (χ1) is 9.41. The molecule has 0 radical (unpaired) electrons. The van der Waals surface area contributed by atoms with E-state index in [0.29, 0.717) is 11.3 Å². The molecule has 3 nitrogen and oxygen atoms in total. The van der Waals surface area contributed by atoms with Gasteiger partial charge in [-0.25, -0.2) is 8.42 Å². The van der Waals surface area contributed by atoms with Gasteiger partial charge in [0, 0.05) is 6.26 Å². The third-order valence-corrected chi connectivity index (χ3v) is 4.36.